The van der Waals surface area contributed by atoms with Crippen LogP contribution in [0.4, 0.5) is 0 Å². The van der Waals surface area contributed by atoms with Gasteiger partial charge in [-0.1, -0.05) is 34.1 Å². The molecule has 1 fully saturated rings. The summed E-state index contributed by atoms with van der Waals surface area (Å²) < 4.78 is 5.34. The van der Waals surface area contributed by atoms with Crippen LogP contribution in [0.3, 0.4) is 0 Å². The topological polar surface area (TPSA) is 29.5 Å². The van der Waals surface area contributed by atoms with E-state index < -0.39 is 0 Å². The van der Waals surface area contributed by atoms with Gasteiger partial charge in [-0.15, -0.1) is 0 Å². The summed E-state index contributed by atoms with van der Waals surface area (Å²) in [6.45, 7) is 10.8. The van der Waals surface area contributed by atoms with Crippen molar-refractivity contribution < 1.29 is 9.84 Å². The van der Waals surface area contributed by atoms with Crippen molar-refractivity contribution in [3.8, 4) is 0 Å². The lowest BCUT2D eigenvalue weighted by Crippen LogP contribution is -2.57. The maximum absolute atomic E-state index is 9.33. The molecular weight excluding hydrogens is 164 g/mol. The monoisotopic (exact) mass is 186 g/mol. The first-order chi connectivity index (χ1) is 5.98. The first kappa shape index (κ1) is 11.0. The molecule has 0 bridgehead atoms. The molecule has 1 rings (SSSR count). The van der Waals surface area contributed by atoms with Gasteiger partial charge in [0.05, 0.1) is 13.2 Å². The van der Waals surface area contributed by atoms with Crippen molar-refractivity contribution in [2.24, 2.45) is 16.7 Å². The molecule has 13 heavy (non-hydrogen) atoms. The molecule has 2 nitrogen and oxygen atoms in total. The van der Waals surface area contributed by atoms with E-state index >= 15 is 0 Å². The largest absolute Gasteiger partial charge is 0.396 e. The molecule has 0 aromatic rings. The molecule has 1 unspecified atom stereocenters. The second-order valence-electron chi connectivity index (χ2n) is 5.19. The Hall–Kier alpha value is -0.0800. The van der Waals surface area contributed by atoms with E-state index in [1.54, 1.807) is 0 Å². The van der Waals surface area contributed by atoms with E-state index in [1.165, 1.54) is 0 Å². The average Bonchev–Trinajstić information content (AvgIpc) is 1.93. The summed E-state index contributed by atoms with van der Waals surface area (Å²) in [5.74, 6) is 0.390. The van der Waals surface area contributed by atoms with Crippen molar-refractivity contribution in [3.05, 3.63) is 0 Å². The molecule has 78 valence electrons. The van der Waals surface area contributed by atoms with Crippen LogP contribution in [0.15, 0.2) is 0 Å². The van der Waals surface area contributed by atoms with Crippen LogP contribution in [0, 0.1) is 16.7 Å². The van der Waals surface area contributed by atoms with Gasteiger partial charge in [-0.2, -0.15) is 0 Å². The lowest BCUT2D eigenvalue weighted by atomic mass is 9.58. The molecule has 1 N–H and O–H groups in total. The normalized spacial score (nSPS) is 23.8. The minimum atomic E-state index is 0.205. The van der Waals surface area contributed by atoms with E-state index in [-0.39, 0.29) is 17.4 Å². The van der Waals surface area contributed by atoms with Gasteiger partial charge in [-0.25, -0.2) is 0 Å². The summed E-state index contributed by atoms with van der Waals surface area (Å²) in [5, 5.41) is 9.33. The zero-order valence-corrected chi connectivity index (χ0v) is 9.26. The lowest BCUT2D eigenvalue weighted by Gasteiger charge is -2.55. The van der Waals surface area contributed by atoms with Crippen LogP contribution in [0.5, 0.6) is 0 Å². The van der Waals surface area contributed by atoms with E-state index in [2.05, 4.69) is 27.7 Å². The highest BCUT2D eigenvalue weighted by Crippen LogP contribution is 2.51. The minimum Gasteiger partial charge on any atom is -0.396 e. The number of aliphatic hydroxyl groups is 1. The van der Waals surface area contributed by atoms with Crippen LogP contribution < -0.4 is 0 Å². The maximum atomic E-state index is 9.33. The molecule has 0 aromatic carbocycles. The van der Waals surface area contributed by atoms with Crippen LogP contribution in [-0.4, -0.2) is 24.9 Å². The Kier molecular flexibility index (Phi) is 3.03. The van der Waals surface area contributed by atoms with E-state index in [4.69, 9.17) is 4.74 Å². The zero-order valence-electron chi connectivity index (χ0n) is 9.26. The smallest absolute Gasteiger partial charge is 0.0553 e. The van der Waals surface area contributed by atoms with Crippen molar-refractivity contribution in [2.45, 2.75) is 34.1 Å². The predicted molar refractivity (Wildman–Crippen MR) is 53.6 cm³/mol. The zero-order chi connectivity index (χ0) is 10.1. The van der Waals surface area contributed by atoms with Gasteiger partial charge < -0.3 is 9.84 Å². The first-order valence-corrected chi connectivity index (χ1v) is 5.16. The van der Waals surface area contributed by atoms with Crippen molar-refractivity contribution in [1.82, 2.24) is 0 Å². The number of ether oxygens (including phenoxy) is 1. The summed E-state index contributed by atoms with van der Waals surface area (Å²) >= 11 is 0. The van der Waals surface area contributed by atoms with Crippen molar-refractivity contribution in [2.75, 3.05) is 19.8 Å². The predicted octanol–water partition coefficient (Wildman–Crippen LogP) is 2.07. The van der Waals surface area contributed by atoms with Gasteiger partial charge in [0.1, 0.15) is 0 Å². The Morgan fingerprint density at radius 1 is 1.38 bits per heavy atom. The molecule has 1 aliphatic rings. The Labute approximate surface area is 81.3 Å². The molecule has 1 heterocycles. The molecule has 1 aliphatic heterocycles. The third kappa shape index (κ3) is 1.62. The summed E-state index contributed by atoms with van der Waals surface area (Å²) in [4.78, 5) is 0. The van der Waals surface area contributed by atoms with Crippen LogP contribution in [0.1, 0.15) is 34.1 Å². The summed E-state index contributed by atoms with van der Waals surface area (Å²) in [6.07, 6.45) is 1.04. The van der Waals surface area contributed by atoms with Gasteiger partial charge in [0, 0.05) is 12.0 Å². The minimum absolute atomic E-state index is 0.205. The van der Waals surface area contributed by atoms with E-state index in [0.717, 1.165) is 19.6 Å². The number of aliphatic hydroxyl groups excluding tert-OH is 1. The Morgan fingerprint density at radius 2 is 1.92 bits per heavy atom. The average molecular weight is 186 g/mol. The lowest BCUT2D eigenvalue weighted by molar-refractivity contribution is -0.209. The molecule has 2 heteroatoms. The molecule has 0 aliphatic carbocycles. The van der Waals surface area contributed by atoms with Crippen LogP contribution in [0.25, 0.3) is 0 Å². The Balaban J connectivity index is 2.80. The summed E-state index contributed by atoms with van der Waals surface area (Å²) in [6, 6.07) is 0. The molecular formula is C11H22O2. The first-order valence-electron chi connectivity index (χ1n) is 5.16. The quantitative estimate of drug-likeness (QED) is 0.731. The van der Waals surface area contributed by atoms with Crippen LogP contribution >= 0.6 is 0 Å². The van der Waals surface area contributed by atoms with Crippen molar-refractivity contribution >= 4 is 0 Å². The molecule has 0 amide bonds. The molecule has 1 atom stereocenters. The molecule has 0 aromatic heterocycles. The van der Waals surface area contributed by atoms with Gasteiger partial charge in [-0.05, 0) is 11.3 Å². The fourth-order valence-corrected chi connectivity index (χ4v) is 2.30. The van der Waals surface area contributed by atoms with Crippen LogP contribution in [0.2, 0.25) is 0 Å². The summed E-state index contributed by atoms with van der Waals surface area (Å²) in [7, 11) is 0. The highest BCUT2D eigenvalue weighted by Gasteiger charge is 2.52. The highest BCUT2D eigenvalue weighted by atomic mass is 16.5. The van der Waals surface area contributed by atoms with Crippen LogP contribution in [-0.2, 0) is 4.74 Å². The SMILES string of the molecule is CCC(CO)C1(C(C)(C)C)COC1. The fourth-order valence-electron chi connectivity index (χ4n) is 2.30. The fraction of sp³-hybridized carbons (Fsp3) is 1.00. The Bertz CT molecular complexity index is 161. The standard InChI is InChI=1S/C11H22O2/c1-5-9(6-12)11(7-13-8-11)10(2,3)4/h9,12H,5-8H2,1-4H3. The molecule has 0 spiro atoms. The Morgan fingerprint density at radius 3 is 2.00 bits per heavy atom. The van der Waals surface area contributed by atoms with Gasteiger partial charge in [0.2, 0.25) is 0 Å². The molecule has 0 radical (unpaired) electrons. The maximum Gasteiger partial charge on any atom is 0.0553 e. The number of hydrogen-bond donors (Lipinski definition) is 1. The van der Waals surface area contributed by atoms with Gasteiger partial charge in [0.25, 0.3) is 0 Å². The van der Waals surface area contributed by atoms with Crippen molar-refractivity contribution in [3.63, 3.8) is 0 Å². The van der Waals surface area contributed by atoms with E-state index in [9.17, 15) is 5.11 Å². The third-order valence-electron chi connectivity index (χ3n) is 3.71. The number of rotatable bonds is 3. The van der Waals surface area contributed by atoms with Gasteiger partial charge >= 0.3 is 0 Å². The van der Waals surface area contributed by atoms with Gasteiger partial charge in [0.15, 0.2) is 0 Å². The second kappa shape index (κ2) is 3.58. The van der Waals surface area contributed by atoms with E-state index in [1.807, 2.05) is 0 Å². The summed E-state index contributed by atoms with van der Waals surface area (Å²) in [5.41, 5.74) is 0.436. The number of hydrogen-bond acceptors (Lipinski definition) is 2. The highest BCUT2D eigenvalue weighted by molar-refractivity contribution is 4.99. The molecule has 1 saturated heterocycles. The molecule has 0 saturated carbocycles. The second-order valence-corrected chi connectivity index (χ2v) is 5.19. The van der Waals surface area contributed by atoms with Gasteiger partial charge in [-0.3, -0.25) is 0 Å². The van der Waals surface area contributed by atoms with Crippen molar-refractivity contribution in [1.29, 1.82) is 0 Å². The van der Waals surface area contributed by atoms with E-state index in [0.29, 0.717) is 5.92 Å². The third-order valence-corrected chi connectivity index (χ3v) is 3.71.